The standard InChI is InChI=1S/C62H62N4O4/c1-5-7-9-11-13-19-45-27-33-55(63-39-45)57-35-29-47(41-65-57)25-31-51-37-49-21-15-17-23-53(49)59(61(51)69-43-67-3)60-54-24-18-16-22-50(54)38-52(62(60)70-44-68-4)32-26-48-30-36-58(66-42-48)56-34-28-46(40-64-56)20-14-12-10-8-6-2/h15-18,21-24,27-30,33-42H,5-14,19-20,43-44H2,1-4H3. The zero-order chi connectivity index (χ0) is 48.3. The van der Waals surface area contributed by atoms with E-state index in [-0.39, 0.29) is 13.6 Å². The third kappa shape index (κ3) is 12.6. The van der Waals surface area contributed by atoms with Gasteiger partial charge in [-0.2, -0.15) is 0 Å². The molecule has 0 unspecified atom stereocenters. The van der Waals surface area contributed by atoms with Crippen LogP contribution in [0.25, 0.3) is 55.4 Å². The number of unbranched alkanes of at least 4 members (excludes halogenated alkanes) is 8. The molecule has 0 radical (unpaired) electrons. The molecule has 8 heteroatoms. The molecule has 0 spiro atoms. The van der Waals surface area contributed by atoms with E-state index in [0.29, 0.717) is 22.6 Å². The van der Waals surface area contributed by atoms with E-state index < -0.39 is 0 Å². The molecule has 0 aliphatic carbocycles. The molecule has 8 rings (SSSR count). The van der Waals surface area contributed by atoms with Crippen molar-refractivity contribution in [2.75, 3.05) is 27.8 Å². The molecule has 0 aliphatic rings. The molecule has 0 atom stereocenters. The predicted octanol–water partition coefficient (Wildman–Crippen LogP) is 14.4. The maximum atomic E-state index is 6.57. The summed E-state index contributed by atoms with van der Waals surface area (Å²) < 4.78 is 24.3. The average molecular weight is 927 g/mol. The summed E-state index contributed by atoms with van der Waals surface area (Å²) in [6, 6.07) is 36.9. The number of hydrogen-bond donors (Lipinski definition) is 0. The molecular formula is C62H62N4O4. The smallest absolute Gasteiger partial charge is 0.188 e. The molecule has 70 heavy (non-hydrogen) atoms. The number of benzene rings is 4. The van der Waals surface area contributed by atoms with Crippen LogP contribution in [0, 0.1) is 23.7 Å². The molecule has 0 amide bonds. The molecule has 8 nitrogen and oxygen atoms in total. The first-order chi connectivity index (χ1) is 34.6. The first-order valence-corrected chi connectivity index (χ1v) is 24.8. The minimum Gasteiger partial charge on any atom is -0.466 e. The Bertz CT molecular complexity index is 2880. The van der Waals surface area contributed by atoms with Crippen molar-refractivity contribution in [1.82, 2.24) is 19.9 Å². The van der Waals surface area contributed by atoms with Gasteiger partial charge in [0.2, 0.25) is 0 Å². The van der Waals surface area contributed by atoms with E-state index in [0.717, 1.165) is 79.4 Å². The number of hydrogen-bond acceptors (Lipinski definition) is 8. The third-order valence-corrected chi connectivity index (χ3v) is 12.4. The van der Waals surface area contributed by atoms with Crippen molar-refractivity contribution in [3.05, 3.63) is 167 Å². The van der Waals surface area contributed by atoms with Gasteiger partial charge in [0.1, 0.15) is 11.5 Å². The molecule has 354 valence electrons. The summed E-state index contributed by atoms with van der Waals surface area (Å²) in [4.78, 5) is 19.0. The van der Waals surface area contributed by atoms with Crippen LogP contribution in [0.1, 0.15) is 111 Å². The first-order valence-electron chi connectivity index (χ1n) is 24.8. The van der Waals surface area contributed by atoms with Crippen molar-refractivity contribution < 1.29 is 18.9 Å². The molecular weight excluding hydrogens is 865 g/mol. The van der Waals surface area contributed by atoms with Crippen LogP contribution in [-0.4, -0.2) is 47.7 Å². The highest BCUT2D eigenvalue weighted by atomic mass is 16.7. The van der Waals surface area contributed by atoms with E-state index in [9.17, 15) is 0 Å². The number of aromatic nitrogens is 4. The molecule has 0 aliphatic heterocycles. The topological polar surface area (TPSA) is 88.5 Å². The van der Waals surface area contributed by atoms with Crippen LogP contribution < -0.4 is 9.47 Å². The molecule has 4 aromatic heterocycles. The van der Waals surface area contributed by atoms with E-state index in [2.05, 4.69) is 98.2 Å². The number of aryl methyl sites for hydroxylation is 2. The minimum absolute atomic E-state index is 0.00556. The summed E-state index contributed by atoms with van der Waals surface area (Å²) in [7, 11) is 3.22. The van der Waals surface area contributed by atoms with Crippen LogP contribution in [0.4, 0.5) is 0 Å². The second-order valence-corrected chi connectivity index (χ2v) is 17.6. The van der Waals surface area contributed by atoms with Gasteiger partial charge >= 0.3 is 0 Å². The van der Waals surface area contributed by atoms with Crippen molar-refractivity contribution >= 4 is 21.5 Å². The highest BCUT2D eigenvalue weighted by molar-refractivity contribution is 6.11. The van der Waals surface area contributed by atoms with Gasteiger partial charge < -0.3 is 18.9 Å². The number of methoxy groups -OCH3 is 2. The zero-order valence-electron chi connectivity index (χ0n) is 41.0. The van der Waals surface area contributed by atoms with Gasteiger partial charge in [0, 0.05) is 61.3 Å². The number of pyridine rings is 4. The fourth-order valence-corrected chi connectivity index (χ4v) is 8.71. The maximum Gasteiger partial charge on any atom is 0.188 e. The number of nitrogens with zero attached hydrogens (tertiary/aromatic N) is 4. The predicted molar refractivity (Wildman–Crippen MR) is 284 cm³/mol. The summed E-state index contributed by atoms with van der Waals surface area (Å²) >= 11 is 0. The monoisotopic (exact) mass is 926 g/mol. The van der Waals surface area contributed by atoms with Crippen molar-refractivity contribution in [2.45, 2.75) is 90.9 Å². The van der Waals surface area contributed by atoms with E-state index in [4.69, 9.17) is 38.9 Å². The van der Waals surface area contributed by atoms with Crippen molar-refractivity contribution in [1.29, 1.82) is 0 Å². The van der Waals surface area contributed by atoms with E-state index in [1.807, 2.05) is 60.9 Å². The molecule has 0 bridgehead atoms. The van der Waals surface area contributed by atoms with Gasteiger partial charge in [-0.3, -0.25) is 19.9 Å². The Morgan fingerprint density at radius 3 is 1.19 bits per heavy atom. The minimum atomic E-state index is -0.00556. The Labute approximate surface area is 413 Å². The SMILES string of the molecule is CCCCCCCc1ccc(-c2ccc(C#Cc3cc4ccccc4c(-c4c(OCOC)c(C#Cc5ccc(-c6ccc(CCCCCCC)cn6)nc5)cc5ccccc45)c3OCOC)cn2)nc1. The lowest BCUT2D eigenvalue weighted by Crippen LogP contribution is -2.06. The summed E-state index contributed by atoms with van der Waals surface area (Å²) in [5.74, 6) is 14.8. The summed E-state index contributed by atoms with van der Waals surface area (Å²) in [5.41, 5.74) is 10.2. The highest BCUT2D eigenvalue weighted by Crippen LogP contribution is 2.48. The second kappa shape index (κ2) is 25.3. The van der Waals surface area contributed by atoms with Crippen LogP contribution >= 0.6 is 0 Å². The molecule has 0 saturated heterocycles. The normalized spacial score (nSPS) is 11.0. The van der Waals surface area contributed by atoms with Crippen molar-refractivity contribution in [3.63, 3.8) is 0 Å². The lowest BCUT2D eigenvalue weighted by molar-refractivity contribution is 0.0500. The molecule has 8 aromatic rings. The largest absolute Gasteiger partial charge is 0.466 e. The lowest BCUT2D eigenvalue weighted by Gasteiger charge is -2.21. The molecule has 0 fully saturated rings. The second-order valence-electron chi connectivity index (χ2n) is 17.6. The van der Waals surface area contributed by atoms with Gasteiger partial charge in [0.25, 0.3) is 0 Å². The van der Waals surface area contributed by atoms with E-state index in [1.54, 1.807) is 26.6 Å². The van der Waals surface area contributed by atoms with Crippen LogP contribution in [0.15, 0.2) is 134 Å². The average Bonchev–Trinajstić information content (AvgIpc) is 3.41. The van der Waals surface area contributed by atoms with Gasteiger partial charge in [-0.15, -0.1) is 0 Å². The van der Waals surface area contributed by atoms with Crippen LogP contribution in [0.5, 0.6) is 11.5 Å². The molecule has 4 heterocycles. The van der Waals surface area contributed by atoms with Gasteiger partial charge in [0.15, 0.2) is 13.6 Å². The Hall–Kier alpha value is -7.36. The Balaban J connectivity index is 1.14. The number of rotatable bonds is 21. The van der Waals surface area contributed by atoms with Gasteiger partial charge in [-0.25, -0.2) is 0 Å². The fraction of sp³-hybridized carbons (Fsp3) is 0.290. The fourth-order valence-electron chi connectivity index (χ4n) is 8.71. The van der Waals surface area contributed by atoms with Gasteiger partial charge in [0.05, 0.1) is 33.9 Å². The Kier molecular flexibility index (Phi) is 17.7. The summed E-state index contributed by atoms with van der Waals surface area (Å²) in [6.07, 6.45) is 22.2. The van der Waals surface area contributed by atoms with Crippen LogP contribution in [-0.2, 0) is 22.3 Å². The molecule has 0 saturated carbocycles. The van der Waals surface area contributed by atoms with E-state index >= 15 is 0 Å². The van der Waals surface area contributed by atoms with Crippen LogP contribution in [0.2, 0.25) is 0 Å². The lowest BCUT2D eigenvalue weighted by atomic mass is 9.88. The summed E-state index contributed by atoms with van der Waals surface area (Å²) in [6.45, 7) is 4.48. The number of ether oxygens (including phenoxy) is 4. The Morgan fingerprint density at radius 2 is 0.814 bits per heavy atom. The number of fused-ring (bicyclic) bond motifs is 2. The Morgan fingerprint density at radius 1 is 0.414 bits per heavy atom. The van der Waals surface area contributed by atoms with Gasteiger partial charge in [-0.1, -0.05) is 150 Å². The first kappa shape index (κ1) is 49.1. The molecule has 0 N–H and O–H groups in total. The maximum absolute atomic E-state index is 6.57. The molecule has 4 aromatic carbocycles. The highest BCUT2D eigenvalue weighted by Gasteiger charge is 2.24. The summed E-state index contributed by atoms with van der Waals surface area (Å²) in [5, 5.41) is 3.86. The third-order valence-electron chi connectivity index (χ3n) is 12.4. The van der Waals surface area contributed by atoms with E-state index in [1.165, 1.54) is 75.3 Å². The van der Waals surface area contributed by atoms with Crippen molar-refractivity contribution in [3.8, 4) is 69.1 Å². The van der Waals surface area contributed by atoms with Gasteiger partial charge in [-0.05, 0) is 107 Å². The zero-order valence-corrected chi connectivity index (χ0v) is 41.0. The van der Waals surface area contributed by atoms with Crippen LogP contribution in [0.3, 0.4) is 0 Å². The van der Waals surface area contributed by atoms with Crippen molar-refractivity contribution in [2.24, 2.45) is 0 Å². The quantitative estimate of drug-likeness (QED) is 0.0400.